The number of hydrogen-bond donors (Lipinski definition) is 2. The Morgan fingerprint density at radius 1 is 1.30 bits per heavy atom. The number of rotatable bonds is 4. The molecule has 0 saturated heterocycles. The van der Waals surface area contributed by atoms with Crippen molar-refractivity contribution in [1.82, 2.24) is 5.32 Å². The molecule has 1 aliphatic carbocycles. The number of aryl methyl sites for hydroxylation is 1. The van der Waals surface area contributed by atoms with Crippen LogP contribution in [0, 0.1) is 6.92 Å². The van der Waals surface area contributed by atoms with Crippen molar-refractivity contribution in [2.45, 2.75) is 56.4 Å². The number of thioether (sulfide) groups is 1. The first-order valence-corrected chi connectivity index (χ1v) is 8.42. The van der Waals surface area contributed by atoms with Crippen LogP contribution in [0.15, 0.2) is 23.1 Å². The lowest BCUT2D eigenvalue weighted by Crippen LogP contribution is -2.35. The molecule has 0 heterocycles. The summed E-state index contributed by atoms with van der Waals surface area (Å²) in [5.74, 6) is 0.615. The van der Waals surface area contributed by atoms with Crippen molar-refractivity contribution in [1.29, 1.82) is 0 Å². The van der Waals surface area contributed by atoms with E-state index < -0.39 is 0 Å². The molecule has 110 valence electrons. The number of carbonyl (C=O) groups is 1. The molecule has 1 saturated carbocycles. The summed E-state index contributed by atoms with van der Waals surface area (Å²) in [5, 5.41) is 3.17. The van der Waals surface area contributed by atoms with Crippen molar-refractivity contribution in [3.63, 3.8) is 0 Å². The summed E-state index contributed by atoms with van der Waals surface area (Å²) in [6.45, 7) is 2.05. The average Bonchev–Trinajstić information content (AvgIpc) is 2.68. The van der Waals surface area contributed by atoms with Crippen LogP contribution in [0.1, 0.15) is 44.1 Å². The van der Waals surface area contributed by atoms with Gasteiger partial charge in [0.15, 0.2) is 0 Å². The Hall–Kier alpha value is -1.16. The molecule has 0 bridgehead atoms. The highest BCUT2D eigenvalue weighted by Crippen LogP contribution is 2.24. The van der Waals surface area contributed by atoms with Gasteiger partial charge in [-0.1, -0.05) is 31.7 Å². The SMILES string of the molecule is Cc1ccc(N)cc1SCC(=O)NC1CCCCCC1. The molecule has 1 aromatic carbocycles. The second-order valence-electron chi connectivity index (χ2n) is 5.57. The number of anilines is 1. The lowest BCUT2D eigenvalue weighted by Gasteiger charge is -2.16. The number of benzene rings is 1. The van der Waals surface area contributed by atoms with Gasteiger partial charge in [0.05, 0.1) is 5.75 Å². The first-order chi connectivity index (χ1) is 9.65. The van der Waals surface area contributed by atoms with Gasteiger partial charge in [0.2, 0.25) is 5.91 Å². The molecule has 1 fully saturated rings. The molecule has 1 aromatic rings. The molecule has 2 rings (SSSR count). The predicted molar refractivity (Wildman–Crippen MR) is 85.9 cm³/mol. The highest BCUT2D eigenvalue weighted by Gasteiger charge is 2.14. The third-order valence-electron chi connectivity index (χ3n) is 3.79. The molecule has 4 heteroatoms. The maximum Gasteiger partial charge on any atom is 0.230 e. The standard InChI is InChI=1S/C16H24N2OS/c1-12-8-9-13(17)10-15(12)20-11-16(19)18-14-6-4-2-3-5-7-14/h8-10,14H,2-7,11,17H2,1H3,(H,18,19). The Morgan fingerprint density at radius 3 is 2.70 bits per heavy atom. The minimum Gasteiger partial charge on any atom is -0.399 e. The Morgan fingerprint density at radius 2 is 2.00 bits per heavy atom. The fourth-order valence-corrected chi connectivity index (χ4v) is 3.49. The van der Waals surface area contributed by atoms with E-state index in [1.165, 1.54) is 31.2 Å². The first kappa shape index (κ1) is 15.2. The zero-order chi connectivity index (χ0) is 14.4. The topological polar surface area (TPSA) is 55.1 Å². The summed E-state index contributed by atoms with van der Waals surface area (Å²) < 4.78 is 0. The van der Waals surface area contributed by atoms with E-state index in [0.29, 0.717) is 11.8 Å². The van der Waals surface area contributed by atoms with Crippen molar-refractivity contribution in [3.05, 3.63) is 23.8 Å². The Labute approximate surface area is 125 Å². The minimum atomic E-state index is 0.142. The Kier molecular flexibility index (Phi) is 5.77. The van der Waals surface area contributed by atoms with Gasteiger partial charge in [-0.15, -0.1) is 11.8 Å². The maximum atomic E-state index is 12.0. The summed E-state index contributed by atoms with van der Waals surface area (Å²) in [7, 11) is 0. The Bertz CT molecular complexity index is 454. The number of nitrogen functional groups attached to an aromatic ring is 1. The van der Waals surface area contributed by atoms with E-state index in [1.54, 1.807) is 11.8 Å². The van der Waals surface area contributed by atoms with Crippen LogP contribution in [-0.4, -0.2) is 17.7 Å². The highest BCUT2D eigenvalue weighted by atomic mass is 32.2. The van der Waals surface area contributed by atoms with Crippen LogP contribution in [0.5, 0.6) is 0 Å². The van der Waals surface area contributed by atoms with Crippen LogP contribution >= 0.6 is 11.8 Å². The summed E-state index contributed by atoms with van der Waals surface area (Å²) in [5.41, 5.74) is 7.71. The zero-order valence-electron chi connectivity index (χ0n) is 12.2. The van der Waals surface area contributed by atoms with Gasteiger partial charge in [0.25, 0.3) is 0 Å². The third kappa shape index (κ3) is 4.75. The average molecular weight is 292 g/mol. The van der Waals surface area contributed by atoms with Gasteiger partial charge < -0.3 is 11.1 Å². The van der Waals surface area contributed by atoms with E-state index in [1.807, 2.05) is 25.1 Å². The van der Waals surface area contributed by atoms with Crippen molar-refractivity contribution in [3.8, 4) is 0 Å². The molecule has 3 N–H and O–H groups in total. The van der Waals surface area contributed by atoms with Crippen molar-refractivity contribution < 1.29 is 4.79 Å². The lowest BCUT2D eigenvalue weighted by atomic mass is 10.1. The number of amides is 1. The summed E-state index contributed by atoms with van der Waals surface area (Å²) in [4.78, 5) is 13.1. The number of hydrogen-bond acceptors (Lipinski definition) is 3. The minimum absolute atomic E-state index is 0.142. The van der Waals surface area contributed by atoms with Gasteiger partial charge >= 0.3 is 0 Å². The number of carbonyl (C=O) groups excluding carboxylic acids is 1. The van der Waals surface area contributed by atoms with Crippen LogP contribution < -0.4 is 11.1 Å². The largest absolute Gasteiger partial charge is 0.399 e. The number of nitrogens with two attached hydrogens (primary N) is 1. The van der Waals surface area contributed by atoms with E-state index in [4.69, 9.17) is 5.73 Å². The fourth-order valence-electron chi connectivity index (χ4n) is 2.61. The van der Waals surface area contributed by atoms with Gasteiger partial charge in [-0.05, 0) is 37.5 Å². The molecule has 1 aliphatic rings. The molecule has 0 unspecified atom stereocenters. The fraction of sp³-hybridized carbons (Fsp3) is 0.562. The van der Waals surface area contributed by atoms with Crippen molar-refractivity contribution in [2.75, 3.05) is 11.5 Å². The van der Waals surface area contributed by atoms with Crippen LogP contribution in [0.25, 0.3) is 0 Å². The van der Waals surface area contributed by atoms with Gasteiger partial charge in [-0.25, -0.2) is 0 Å². The molecule has 0 radical (unpaired) electrons. The molecular formula is C16H24N2OS. The second-order valence-corrected chi connectivity index (χ2v) is 6.59. The van der Waals surface area contributed by atoms with E-state index >= 15 is 0 Å². The van der Waals surface area contributed by atoms with Crippen molar-refractivity contribution in [2.24, 2.45) is 0 Å². The Balaban J connectivity index is 1.81. The predicted octanol–water partition coefficient (Wildman–Crippen LogP) is 3.51. The van der Waals surface area contributed by atoms with E-state index in [9.17, 15) is 4.79 Å². The third-order valence-corrected chi connectivity index (χ3v) is 4.95. The van der Waals surface area contributed by atoms with Crippen molar-refractivity contribution >= 4 is 23.4 Å². The molecular weight excluding hydrogens is 268 g/mol. The smallest absolute Gasteiger partial charge is 0.230 e. The van der Waals surface area contributed by atoms with Gasteiger partial charge in [0.1, 0.15) is 0 Å². The molecule has 0 spiro atoms. The van der Waals surface area contributed by atoms with Crippen LogP contribution in [0.4, 0.5) is 5.69 Å². The number of nitrogens with one attached hydrogen (secondary N) is 1. The zero-order valence-corrected chi connectivity index (χ0v) is 13.0. The molecule has 1 amide bonds. The molecule has 0 aliphatic heterocycles. The second kappa shape index (κ2) is 7.58. The lowest BCUT2D eigenvalue weighted by molar-refractivity contribution is -0.119. The molecule has 0 aromatic heterocycles. The van der Waals surface area contributed by atoms with Gasteiger partial charge in [-0.2, -0.15) is 0 Å². The van der Waals surface area contributed by atoms with Crippen LogP contribution in [0.3, 0.4) is 0 Å². The van der Waals surface area contributed by atoms with E-state index in [0.717, 1.165) is 23.4 Å². The molecule has 0 atom stereocenters. The van der Waals surface area contributed by atoms with Crippen LogP contribution in [0.2, 0.25) is 0 Å². The van der Waals surface area contributed by atoms with E-state index in [-0.39, 0.29) is 5.91 Å². The molecule has 20 heavy (non-hydrogen) atoms. The summed E-state index contributed by atoms with van der Waals surface area (Å²) in [6.07, 6.45) is 7.37. The van der Waals surface area contributed by atoms with Gasteiger partial charge in [-0.3, -0.25) is 4.79 Å². The summed E-state index contributed by atoms with van der Waals surface area (Å²) in [6, 6.07) is 6.22. The first-order valence-electron chi connectivity index (χ1n) is 7.43. The molecule has 3 nitrogen and oxygen atoms in total. The van der Waals surface area contributed by atoms with Gasteiger partial charge in [0, 0.05) is 16.6 Å². The van der Waals surface area contributed by atoms with Crippen LogP contribution in [-0.2, 0) is 4.79 Å². The monoisotopic (exact) mass is 292 g/mol. The highest BCUT2D eigenvalue weighted by molar-refractivity contribution is 8.00. The van der Waals surface area contributed by atoms with E-state index in [2.05, 4.69) is 5.32 Å². The maximum absolute atomic E-state index is 12.0. The summed E-state index contributed by atoms with van der Waals surface area (Å²) >= 11 is 1.57. The normalized spacial score (nSPS) is 16.6. The quantitative estimate of drug-likeness (QED) is 0.507.